The van der Waals surface area contributed by atoms with Gasteiger partial charge in [-0.1, -0.05) is 17.7 Å². The Bertz CT molecular complexity index is 1100. The first-order chi connectivity index (χ1) is 14.7. The predicted octanol–water partition coefficient (Wildman–Crippen LogP) is 5.26. The Kier molecular flexibility index (Phi) is 7.13. The van der Waals surface area contributed by atoms with Gasteiger partial charge in [0.15, 0.2) is 5.13 Å². The summed E-state index contributed by atoms with van der Waals surface area (Å²) in [4.78, 5) is 16.3. The van der Waals surface area contributed by atoms with Gasteiger partial charge in [-0.2, -0.15) is 18.3 Å². The molecule has 0 radical (unpaired) electrons. The summed E-state index contributed by atoms with van der Waals surface area (Å²) in [6, 6.07) is 9.84. The van der Waals surface area contributed by atoms with E-state index < -0.39 is 17.6 Å². The summed E-state index contributed by atoms with van der Waals surface area (Å²) in [5.74, 6) is 0.132. The van der Waals surface area contributed by atoms with Gasteiger partial charge in [-0.15, -0.1) is 11.3 Å². The first-order valence-corrected chi connectivity index (χ1v) is 10.0. The minimum absolute atomic E-state index is 0.0402. The Labute approximate surface area is 184 Å². The molecular formula is C20H16ClF3N4O2S. The predicted molar refractivity (Wildman–Crippen MR) is 114 cm³/mol. The minimum atomic E-state index is -4.43. The highest BCUT2D eigenvalue weighted by Gasteiger charge is 2.30. The lowest BCUT2D eigenvalue weighted by Crippen LogP contribution is -2.19. The van der Waals surface area contributed by atoms with E-state index in [0.717, 1.165) is 12.1 Å². The lowest BCUT2D eigenvalue weighted by atomic mass is 10.2. The van der Waals surface area contributed by atoms with Crippen LogP contribution in [0.5, 0.6) is 5.75 Å². The van der Waals surface area contributed by atoms with Crippen LogP contribution < -0.4 is 15.5 Å². The number of halogens is 4. The van der Waals surface area contributed by atoms with Crippen LogP contribution in [0.3, 0.4) is 0 Å². The van der Waals surface area contributed by atoms with Crippen LogP contribution in [0.1, 0.15) is 16.8 Å². The lowest BCUT2D eigenvalue weighted by Gasteiger charge is -2.08. The van der Waals surface area contributed by atoms with Crippen molar-refractivity contribution in [3.8, 4) is 5.75 Å². The molecule has 3 rings (SSSR count). The van der Waals surface area contributed by atoms with E-state index >= 15 is 0 Å². The van der Waals surface area contributed by atoms with Gasteiger partial charge in [0.05, 0.1) is 36.0 Å². The van der Waals surface area contributed by atoms with Gasteiger partial charge >= 0.3 is 6.18 Å². The van der Waals surface area contributed by atoms with Gasteiger partial charge in [0.2, 0.25) is 5.91 Å². The summed E-state index contributed by atoms with van der Waals surface area (Å²) in [7, 11) is 1.51. The first-order valence-electron chi connectivity index (χ1n) is 8.79. The molecule has 162 valence electrons. The van der Waals surface area contributed by atoms with Crippen molar-refractivity contribution in [3.05, 3.63) is 69.7 Å². The molecule has 11 heteroatoms. The van der Waals surface area contributed by atoms with Gasteiger partial charge in [0, 0.05) is 11.1 Å². The van der Waals surface area contributed by atoms with E-state index in [0.29, 0.717) is 27.2 Å². The van der Waals surface area contributed by atoms with Gasteiger partial charge in [-0.05, 0) is 42.0 Å². The van der Waals surface area contributed by atoms with Crippen LogP contribution in [-0.2, 0) is 17.4 Å². The Morgan fingerprint density at radius 3 is 2.81 bits per heavy atom. The van der Waals surface area contributed by atoms with Crippen molar-refractivity contribution in [2.75, 3.05) is 12.4 Å². The molecule has 0 aliphatic heterocycles. The average molecular weight is 469 g/mol. The van der Waals surface area contributed by atoms with Crippen LogP contribution in [0.25, 0.3) is 0 Å². The van der Waals surface area contributed by atoms with Crippen molar-refractivity contribution in [3.63, 3.8) is 0 Å². The molecular weight excluding hydrogens is 453 g/mol. The van der Waals surface area contributed by atoms with Gasteiger partial charge in [-0.3, -0.25) is 4.79 Å². The van der Waals surface area contributed by atoms with E-state index in [1.54, 1.807) is 23.6 Å². The van der Waals surface area contributed by atoms with Crippen LogP contribution in [-0.4, -0.2) is 24.2 Å². The number of carbonyl (C=O) groups is 1. The zero-order valence-electron chi connectivity index (χ0n) is 16.0. The maximum Gasteiger partial charge on any atom is 0.416 e. The molecule has 0 fully saturated rings. The number of hydrazone groups is 1. The number of aromatic nitrogens is 1. The average Bonchev–Trinajstić information content (AvgIpc) is 3.14. The Balaban J connectivity index is 1.55. The molecule has 0 saturated heterocycles. The first kappa shape index (κ1) is 22.6. The number of anilines is 2. The van der Waals surface area contributed by atoms with Crippen molar-refractivity contribution >= 4 is 45.9 Å². The number of hydrogen-bond donors (Lipinski definition) is 2. The third kappa shape index (κ3) is 6.43. The number of methoxy groups -OCH3 is 1. The van der Waals surface area contributed by atoms with Gasteiger partial charge in [0.25, 0.3) is 0 Å². The van der Waals surface area contributed by atoms with E-state index in [1.165, 1.54) is 36.8 Å². The number of ether oxygens (including phenoxy) is 1. The molecule has 31 heavy (non-hydrogen) atoms. The zero-order valence-corrected chi connectivity index (χ0v) is 17.6. The molecule has 3 aromatic rings. The third-order valence-electron chi connectivity index (χ3n) is 3.91. The molecule has 2 aromatic carbocycles. The summed E-state index contributed by atoms with van der Waals surface area (Å²) in [6.45, 7) is 0. The van der Waals surface area contributed by atoms with E-state index in [1.807, 2.05) is 0 Å². The highest BCUT2D eigenvalue weighted by atomic mass is 35.5. The Hall–Kier alpha value is -3.11. The Morgan fingerprint density at radius 2 is 2.10 bits per heavy atom. The number of carbonyl (C=O) groups excluding carboxylic acids is 1. The summed E-state index contributed by atoms with van der Waals surface area (Å²) in [5, 5.41) is 9.12. The van der Waals surface area contributed by atoms with E-state index in [9.17, 15) is 18.0 Å². The van der Waals surface area contributed by atoms with Crippen molar-refractivity contribution in [1.29, 1.82) is 0 Å². The van der Waals surface area contributed by atoms with Crippen molar-refractivity contribution in [2.45, 2.75) is 12.6 Å². The second-order valence-corrected chi connectivity index (χ2v) is 7.48. The number of nitrogens with one attached hydrogen (secondary N) is 2. The fraction of sp³-hybridized carbons (Fsp3) is 0.150. The van der Waals surface area contributed by atoms with Crippen molar-refractivity contribution in [1.82, 2.24) is 10.4 Å². The highest BCUT2D eigenvalue weighted by Crippen LogP contribution is 2.31. The summed E-state index contributed by atoms with van der Waals surface area (Å²) < 4.78 is 43.5. The largest absolute Gasteiger partial charge is 0.495 e. The highest BCUT2D eigenvalue weighted by molar-refractivity contribution is 7.13. The fourth-order valence-corrected chi connectivity index (χ4v) is 3.48. The van der Waals surface area contributed by atoms with E-state index in [4.69, 9.17) is 16.3 Å². The quantitative estimate of drug-likeness (QED) is 0.366. The Morgan fingerprint density at radius 1 is 1.29 bits per heavy atom. The zero-order chi connectivity index (χ0) is 22.4. The molecule has 0 spiro atoms. The van der Waals surface area contributed by atoms with Gasteiger partial charge in [0.1, 0.15) is 5.75 Å². The van der Waals surface area contributed by atoms with Crippen LogP contribution in [0.2, 0.25) is 5.02 Å². The molecule has 1 aromatic heterocycles. The van der Waals surface area contributed by atoms with Crippen LogP contribution in [0, 0.1) is 0 Å². The maximum atomic E-state index is 12.8. The molecule has 6 nitrogen and oxygen atoms in total. The lowest BCUT2D eigenvalue weighted by molar-refractivity contribution is -0.137. The normalized spacial score (nSPS) is 11.5. The number of amides is 1. The molecule has 0 aliphatic carbocycles. The molecule has 0 unspecified atom stereocenters. The summed E-state index contributed by atoms with van der Waals surface area (Å²) in [5.41, 5.74) is 3.01. The topological polar surface area (TPSA) is 75.6 Å². The van der Waals surface area contributed by atoms with Crippen molar-refractivity contribution < 1.29 is 22.7 Å². The number of thiazole rings is 1. The second kappa shape index (κ2) is 9.80. The second-order valence-electron chi connectivity index (χ2n) is 6.21. The SMILES string of the molecule is COc1ccc(C=NNC(=O)Cc2csc(Nc3cccc(C(F)(F)F)c3)n2)cc1Cl. The fourth-order valence-electron chi connectivity index (χ4n) is 2.49. The van der Waals surface area contributed by atoms with Crippen molar-refractivity contribution in [2.24, 2.45) is 5.10 Å². The molecule has 0 bridgehead atoms. The van der Waals surface area contributed by atoms with Gasteiger partial charge < -0.3 is 10.1 Å². The molecule has 1 amide bonds. The van der Waals surface area contributed by atoms with Crippen LogP contribution in [0.15, 0.2) is 52.9 Å². The number of benzene rings is 2. The molecule has 0 aliphatic rings. The van der Waals surface area contributed by atoms with E-state index in [-0.39, 0.29) is 12.1 Å². The maximum absolute atomic E-state index is 12.8. The standard InChI is InChI=1S/C20H16ClF3N4O2S/c1-30-17-6-5-12(7-16(17)21)10-25-28-18(29)9-15-11-31-19(27-15)26-14-4-2-3-13(8-14)20(22,23)24/h2-8,10-11H,9H2,1H3,(H,26,27)(H,28,29). The molecule has 0 saturated carbocycles. The van der Waals surface area contributed by atoms with Crippen LogP contribution >= 0.6 is 22.9 Å². The molecule has 0 atom stereocenters. The minimum Gasteiger partial charge on any atom is -0.495 e. The number of rotatable bonds is 7. The monoisotopic (exact) mass is 468 g/mol. The molecule has 2 N–H and O–H groups in total. The van der Waals surface area contributed by atoms with Gasteiger partial charge in [-0.25, -0.2) is 10.4 Å². The molecule has 1 heterocycles. The third-order valence-corrected chi connectivity index (χ3v) is 5.02. The smallest absolute Gasteiger partial charge is 0.416 e. The summed E-state index contributed by atoms with van der Waals surface area (Å²) in [6.07, 6.45) is -3.03. The van der Waals surface area contributed by atoms with Crippen LogP contribution in [0.4, 0.5) is 24.0 Å². The number of hydrogen-bond acceptors (Lipinski definition) is 6. The number of nitrogens with zero attached hydrogens (tertiary/aromatic N) is 2. The number of alkyl halides is 3. The van der Waals surface area contributed by atoms with E-state index in [2.05, 4.69) is 20.8 Å². The summed E-state index contributed by atoms with van der Waals surface area (Å²) >= 11 is 7.20.